The maximum Gasteiger partial charge on any atom is 0.224 e. The molecule has 1 atom stereocenters. The number of amides is 1. The second-order valence-electron chi connectivity index (χ2n) is 6.85. The molecule has 0 radical (unpaired) electrons. The smallest absolute Gasteiger partial charge is 0.224 e. The zero-order valence-corrected chi connectivity index (χ0v) is 13.3. The maximum atomic E-state index is 12.9. The Hall–Kier alpha value is -0.650. The van der Waals surface area contributed by atoms with Crippen molar-refractivity contribution in [3.63, 3.8) is 0 Å². The van der Waals surface area contributed by atoms with Crippen molar-refractivity contribution in [1.82, 2.24) is 15.1 Å². The number of carbonyl (C=O) groups excluding carboxylic acids is 1. The van der Waals surface area contributed by atoms with Crippen LogP contribution in [0.1, 0.15) is 39.0 Å². The van der Waals surface area contributed by atoms with E-state index >= 15 is 0 Å². The molecule has 0 unspecified atom stereocenters. The minimum absolute atomic E-state index is 0.117. The van der Waals surface area contributed by atoms with Crippen LogP contribution in [0.25, 0.3) is 0 Å². The fourth-order valence-corrected chi connectivity index (χ4v) is 4.27. The Morgan fingerprint density at radius 3 is 2.62 bits per heavy atom. The van der Waals surface area contributed by atoms with E-state index in [0.717, 1.165) is 45.9 Å². The monoisotopic (exact) mass is 295 g/mol. The number of hydrogen-bond donors (Lipinski definition) is 1. The molecule has 5 nitrogen and oxygen atoms in total. The van der Waals surface area contributed by atoms with Crippen LogP contribution < -0.4 is 5.32 Å². The standard InChI is InChI=1S/C16H29N3O2/c1-14-13-17-6-7-19(14)15(20)12-16(4-2-3-5-16)18-8-10-21-11-9-18/h14,17H,2-13H2,1H3/t14-/m0/s1. The van der Waals surface area contributed by atoms with Gasteiger partial charge in [-0.25, -0.2) is 0 Å². The molecule has 2 heterocycles. The largest absolute Gasteiger partial charge is 0.379 e. The van der Waals surface area contributed by atoms with Crippen molar-refractivity contribution >= 4 is 5.91 Å². The molecule has 3 fully saturated rings. The van der Waals surface area contributed by atoms with Crippen LogP contribution in [0.4, 0.5) is 0 Å². The summed E-state index contributed by atoms with van der Waals surface area (Å²) in [6, 6.07) is 0.328. The molecule has 0 aromatic rings. The van der Waals surface area contributed by atoms with Gasteiger partial charge in [0.2, 0.25) is 5.91 Å². The Morgan fingerprint density at radius 1 is 1.24 bits per heavy atom. The summed E-state index contributed by atoms with van der Waals surface area (Å²) in [5.41, 5.74) is 0.117. The molecule has 0 bridgehead atoms. The molecular formula is C16H29N3O2. The minimum Gasteiger partial charge on any atom is -0.379 e. The number of ether oxygens (including phenoxy) is 1. The predicted molar refractivity (Wildman–Crippen MR) is 82.3 cm³/mol. The molecule has 3 aliphatic rings. The number of piperazine rings is 1. The molecular weight excluding hydrogens is 266 g/mol. The van der Waals surface area contributed by atoms with Crippen molar-refractivity contribution in [3.8, 4) is 0 Å². The number of rotatable bonds is 3. The van der Waals surface area contributed by atoms with Crippen molar-refractivity contribution in [2.75, 3.05) is 45.9 Å². The van der Waals surface area contributed by atoms with Crippen LogP contribution in [0.5, 0.6) is 0 Å². The van der Waals surface area contributed by atoms with Gasteiger partial charge in [-0.05, 0) is 19.8 Å². The van der Waals surface area contributed by atoms with Gasteiger partial charge in [0.05, 0.1) is 13.2 Å². The first-order valence-corrected chi connectivity index (χ1v) is 8.54. The quantitative estimate of drug-likeness (QED) is 0.838. The number of morpholine rings is 1. The molecule has 120 valence electrons. The Morgan fingerprint density at radius 2 is 1.95 bits per heavy atom. The number of nitrogens with zero attached hydrogens (tertiary/aromatic N) is 2. The minimum atomic E-state index is 0.117. The zero-order valence-electron chi connectivity index (χ0n) is 13.3. The summed E-state index contributed by atoms with van der Waals surface area (Å²) in [5, 5.41) is 3.37. The highest BCUT2D eigenvalue weighted by molar-refractivity contribution is 5.78. The number of hydrogen-bond acceptors (Lipinski definition) is 4. The predicted octanol–water partition coefficient (Wildman–Crippen LogP) is 0.842. The molecule has 2 aliphatic heterocycles. The lowest BCUT2D eigenvalue weighted by Crippen LogP contribution is -2.57. The van der Waals surface area contributed by atoms with E-state index in [2.05, 4.69) is 22.0 Å². The average molecular weight is 295 g/mol. The van der Waals surface area contributed by atoms with Gasteiger partial charge in [0.1, 0.15) is 0 Å². The molecule has 2 saturated heterocycles. The molecule has 21 heavy (non-hydrogen) atoms. The van der Waals surface area contributed by atoms with E-state index in [0.29, 0.717) is 18.4 Å². The van der Waals surface area contributed by atoms with Crippen LogP contribution in [0.2, 0.25) is 0 Å². The van der Waals surface area contributed by atoms with E-state index in [4.69, 9.17) is 4.74 Å². The molecule has 3 rings (SSSR count). The summed E-state index contributed by atoms with van der Waals surface area (Å²) < 4.78 is 5.50. The molecule has 1 amide bonds. The maximum absolute atomic E-state index is 12.9. The normalized spacial score (nSPS) is 30.5. The Balaban J connectivity index is 1.68. The first-order chi connectivity index (χ1) is 10.2. The molecule has 1 N–H and O–H groups in total. The van der Waals surface area contributed by atoms with Crippen LogP contribution in [0.15, 0.2) is 0 Å². The summed E-state index contributed by atoms with van der Waals surface area (Å²) in [4.78, 5) is 17.5. The summed E-state index contributed by atoms with van der Waals surface area (Å²) in [5.74, 6) is 0.359. The van der Waals surface area contributed by atoms with E-state index in [1.165, 1.54) is 25.7 Å². The molecule has 1 saturated carbocycles. The van der Waals surface area contributed by atoms with Crippen LogP contribution in [0, 0.1) is 0 Å². The lowest BCUT2D eigenvalue weighted by molar-refractivity contribution is -0.138. The van der Waals surface area contributed by atoms with E-state index < -0.39 is 0 Å². The van der Waals surface area contributed by atoms with Gasteiger partial charge in [-0.2, -0.15) is 0 Å². The van der Waals surface area contributed by atoms with Gasteiger partial charge in [0.25, 0.3) is 0 Å². The van der Waals surface area contributed by atoms with E-state index in [1.807, 2.05) is 0 Å². The Labute approximate surface area is 128 Å². The molecule has 5 heteroatoms. The average Bonchev–Trinajstić information content (AvgIpc) is 2.98. The Bertz CT molecular complexity index is 363. The lowest BCUT2D eigenvalue weighted by atomic mass is 9.89. The van der Waals surface area contributed by atoms with Gasteiger partial charge < -0.3 is 15.0 Å². The summed E-state index contributed by atoms with van der Waals surface area (Å²) in [6.45, 7) is 8.49. The fourth-order valence-electron chi connectivity index (χ4n) is 4.27. The zero-order chi connectivity index (χ0) is 14.7. The van der Waals surface area contributed by atoms with Gasteiger partial charge in [-0.3, -0.25) is 9.69 Å². The van der Waals surface area contributed by atoms with Crippen molar-refractivity contribution in [1.29, 1.82) is 0 Å². The first kappa shape index (κ1) is 15.3. The van der Waals surface area contributed by atoms with Gasteiger partial charge in [0.15, 0.2) is 0 Å². The third kappa shape index (κ3) is 3.25. The second kappa shape index (κ2) is 6.63. The third-order valence-corrected chi connectivity index (χ3v) is 5.52. The number of nitrogens with one attached hydrogen (secondary N) is 1. The molecule has 0 aromatic carbocycles. The summed E-state index contributed by atoms with van der Waals surface area (Å²) in [7, 11) is 0. The van der Waals surface area contributed by atoms with Crippen LogP contribution in [-0.2, 0) is 9.53 Å². The highest BCUT2D eigenvalue weighted by atomic mass is 16.5. The van der Waals surface area contributed by atoms with Crippen molar-refractivity contribution in [2.45, 2.75) is 50.6 Å². The summed E-state index contributed by atoms with van der Waals surface area (Å²) >= 11 is 0. The molecule has 0 aromatic heterocycles. The van der Waals surface area contributed by atoms with E-state index in [9.17, 15) is 4.79 Å². The molecule has 1 aliphatic carbocycles. The van der Waals surface area contributed by atoms with Crippen LogP contribution in [0.3, 0.4) is 0 Å². The van der Waals surface area contributed by atoms with E-state index in [1.54, 1.807) is 0 Å². The van der Waals surface area contributed by atoms with Crippen molar-refractivity contribution in [2.24, 2.45) is 0 Å². The number of carbonyl (C=O) groups is 1. The van der Waals surface area contributed by atoms with Gasteiger partial charge in [0, 0.05) is 50.7 Å². The van der Waals surface area contributed by atoms with Gasteiger partial charge in [-0.15, -0.1) is 0 Å². The SMILES string of the molecule is C[C@H]1CNCCN1C(=O)CC1(N2CCOCC2)CCCC1. The Kier molecular flexibility index (Phi) is 4.82. The highest BCUT2D eigenvalue weighted by Crippen LogP contribution is 2.39. The topological polar surface area (TPSA) is 44.8 Å². The van der Waals surface area contributed by atoms with Crippen LogP contribution in [-0.4, -0.2) is 73.2 Å². The third-order valence-electron chi connectivity index (χ3n) is 5.52. The summed E-state index contributed by atoms with van der Waals surface area (Å²) in [6.07, 6.45) is 5.60. The molecule has 0 spiro atoms. The van der Waals surface area contributed by atoms with Crippen molar-refractivity contribution < 1.29 is 9.53 Å². The van der Waals surface area contributed by atoms with Crippen LogP contribution >= 0.6 is 0 Å². The second-order valence-corrected chi connectivity index (χ2v) is 6.85. The highest BCUT2D eigenvalue weighted by Gasteiger charge is 2.43. The lowest BCUT2D eigenvalue weighted by Gasteiger charge is -2.45. The van der Waals surface area contributed by atoms with Crippen molar-refractivity contribution in [3.05, 3.63) is 0 Å². The first-order valence-electron chi connectivity index (χ1n) is 8.54. The fraction of sp³-hybridized carbons (Fsp3) is 0.938. The van der Waals surface area contributed by atoms with E-state index in [-0.39, 0.29) is 5.54 Å². The van der Waals surface area contributed by atoms with Gasteiger partial charge >= 0.3 is 0 Å². The van der Waals surface area contributed by atoms with Gasteiger partial charge in [-0.1, -0.05) is 12.8 Å².